The van der Waals surface area contributed by atoms with Crippen molar-refractivity contribution in [2.45, 2.75) is 51.1 Å². The first-order chi connectivity index (χ1) is 8.44. The molecule has 0 aliphatic carbocycles. The molecule has 6 nitrogen and oxygen atoms in total. The molecule has 2 aliphatic rings. The minimum absolute atomic E-state index is 0.0410. The predicted molar refractivity (Wildman–Crippen MR) is 70.6 cm³/mol. The molecule has 104 valence electrons. The lowest BCUT2D eigenvalue weighted by Crippen LogP contribution is -2.53. The van der Waals surface area contributed by atoms with Gasteiger partial charge in [0.25, 0.3) is 10.2 Å². The van der Waals surface area contributed by atoms with Crippen LogP contribution in [0.2, 0.25) is 0 Å². The maximum Gasteiger partial charge on any atom is 0.282 e. The van der Waals surface area contributed by atoms with Crippen LogP contribution >= 0.6 is 0 Å². The summed E-state index contributed by atoms with van der Waals surface area (Å²) in [7, 11) is -3.46. The van der Waals surface area contributed by atoms with Crippen molar-refractivity contribution in [3.8, 4) is 0 Å². The number of nitrogens with one attached hydrogen (secondary N) is 1. The number of hydrogen-bond acceptors (Lipinski definition) is 3. The standard InChI is InChI=1S/C11H22N4O2S/c1-9-5-2-3-7-14(9)18(16,17)15-8-4-6-10(15)11(12)13/h9-10H,2-8H2,1H3,(H3,12,13). The van der Waals surface area contributed by atoms with E-state index in [9.17, 15) is 8.42 Å². The quantitative estimate of drug-likeness (QED) is 0.580. The van der Waals surface area contributed by atoms with Gasteiger partial charge in [-0.2, -0.15) is 17.0 Å². The molecule has 0 amide bonds. The third-order valence-corrected chi connectivity index (χ3v) is 6.06. The SMILES string of the molecule is CC1CCCCN1S(=O)(=O)N1CCCC1C(=N)N. The van der Waals surface area contributed by atoms with Crippen LogP contribution in [0.4, 0.5) is 0 Å². The van der Waals surface area contributed by atoms with Gasteiger partial charge < -0.3 is 5.73 Å². The highest BCUT2D eigenvalue weighted by Crippen LogP contribution is 2.27. The monoisotopic (exact) mass is 274 g/mol. The largest absolute Gasteiger partial charge is 0.386 e. The molecule has 0 saturated carbocycles. The Labute approximate surface area is 109 Å². The van der Waals surface area contributed by atoms with Crippen LogP contribution in [0.25, 0.3) is 0 Å². The summed E-state index contributed by atoms with van der Waals surface area (Å²) in [5, 5.41) is 7.52. The van der Waals surface area contributed by atoms with Gasteiger partial charge in [-0.3, -0.25) is 5.41 Å². The fraction of sp³-hybridized carbons (Fsp3) is 0.909. The molecule has 0 bridgehead atoms. The molecule has 2 saturated heterocycles. The van der Waals surface area contributed by atoms with Crippen molar-refractivity contribution >= 4 is 16.0 Å². The van der Waals surface area contributed by atoms with Crippen molar-refractivity contribution in [2.75, 3.05) is 13.1 Å². The number of amidine groups is 1. The summed E-state index contributed by atoms with van der Waals surface area (Å²) < 4.78 is 28.2. The van der Waals surface area contributed by atoms with Crippen molar-refractivity contribution < 1.29 is 8.42 Å². The van der Waals surface area contributed by atoms with E-state index in [-0.39, 0.29) is 11.9 Å². The van der Waals surface area contributed by atoms with Gasteiger partial charge in [0.15, 0.2) is 0 Å². The Morgan fingerprint density at radius 2 is 1.83 bits per heavy atom. The molecule has 2 unspecified atom stereocenters. The van der Waals surface area contributed by atoms with E-state index in [1.54, 1.807) is 4.31 Å². The maximum absolute atomic E-state index is 12.6. The minimum atomic E-state index is -3.46. The molecule has 0 aromatic heterocycles. The fourth-order valence-corrected chi connectivity index (χ4v) is 4.97. The normalized spacial score (nSPS) is 31.6. The first kappa shape index (κ1) is 13.8. The molecule has 0 radical (unpaired) electrons. The smallest absolute Gasteiger partial charge is 0.282 e. The van der Waals surface area contributed by atoms with Gasteiger partial charge in [-0.1, -0.05) is 6.42 Å². The topological polar surface area (TPSA) is 90.5 Å². The molecule has 2 heterocycles. The van der Waals surface area contributed by atoms with Gasteiger partial charge in [-0.05, 0) is 32.6 Å². The highest BCUT2D eigenvalue weighted by molar-refractivity contribution is 7.86. The van der Waals surface area contributed by atoms with Gasteiger partial charge in [0, 0.05) is 19.1 Å². The Morgan fingerprint density at radius 3 is 2.44 bits per heavy atom. The summed E-state index contributed by atoms with van der Waals surface area (Å²) in [6.45, 7) is 3.02. The highest BCUT2D eigenvalue weighted by Gasteiger charge is 2.41. The second-order valence-corrected chi connectivity index (χ2v) is 7.02. The van der Waals surface area contributed by atoms with E-state index in [0.29, 0.717) is 19.5 Å². The van der Waals surface area contributed by atoms with Crippen molar-refractivity contribution in [1.29, 1.82) is 5.41 Å². The summed E-state index contributed by atoms with van der Waals surface area (Å²) in [6.07, 6.45) is 4.37. The van der Waals surface area contributed by atoms with E-state index in [2.05, 4.69) is 0 Å². The fourth-order valence-electron chi connectivity index (χ4n) is 2.88. The number of nitrogens with zero attached hydrogens (tertiary/aromatic N) is 2. The Bertz CT molecular complexity index is 423. The molecule has 7 heteroatoms. The second kappa shape index (κ2) is 5.14. The van der Waals surface area contributed by atoms with E-state index < -0.39 is 16.3 Å². The van der Waals surface area contributed by atoms with Crippen LogP contribution in [0.3, 0.4) is 0 Å². The number of rotatable bonds is 3. The van der Waals surface area contributed by atoms with Crippen LogP contribution < -0.4 is 5.73 Å². The number of nitrogens with two attached hydrogens (primary N) is 1. The first-order valence-electron chi connectivity index (χ1n) is 6.57. The lowest BCUT2D eigenvalue weighted by Gasteiger charge is -2.36. The molecular formula is C11H22N4O2S. The molecular weight excluding hydrogens is 252 g/mol. The average molecular weight is 274 g/mol. The van der Waals surface area contributed by atoms with Gasteiger partial charge in [0.2, 0.25) is 0 Å². The summed E-state index contributed by atoms with van der Waals surface area (Å²) in [4.78, 5) is 0. The molecule has 3 N–H and O–H groups in total. The van der Waals surface area contributed by atoms with E-state index in [0.717, 1.165) is 25.7 Å². The molecule has 2 rings (SSSR count). The molecule has 2 atom stereocenters. The van der Waals surface area contributed by atoms with Gasteiger partial charge in [-0.25, -0.2) is 0 Å². The van der Waals surface area contributed by atoms with Crippen LogP contribution in [0.5, 0.6) is 0 Å². The number of piperidine rings is 1. The Kier molecular flexibility index (Phi) is 3.93. The minimum Gasteiger partial charge on any atom is -0.386 e. The predicted octanol–water partition coefficient (Wildman–Crippen LogP) is 0.506. The highest BCUT2D eigenvalue weighted by atomic mass is 32.2. The zero-order valence-corrected chi connectivity index (χ0v) is 11.6. The van der Waals surface area contributed by atoms with Crippen LogP contribution in [0.1, 0.15) is 39.0 Å². The lowest BCUT2D eigenvalue weighted by molar-refractivity contribution is 0.247. The lowest BCUT2D eigenvalue weighted by atomic mass is 10.1. The van der Waals surface area contributed by atoms with E-state index >= 15 is 0 Å². The average Bonchev–Trinajstić information content (AvgIpc) is 2.78. The maximum atomic E-state index is 12.6. The van der Waals surface area contributed by atoms with E-state index in [4.69, 9.17) is 11.1 Å². The molecule has 0 aromatic rings. The van der Waals surface area contributed by atoms with Gasteiger partial charge in [0.1, 0.15) is 5.84 Å². The molecule has 0 aromatic carbocycles. The van der Waals surface area contributed by atoms with Crippen LogP contribution in [-0.4, -0.2) is 48.0 Å². The van der Waals surface area contributed by atoms with Crippen molar-refractivity contribution in [3.63, 3.8) is 0 Å². The summed E-state index contributed by atoms with van der Waals surface area (Å²) in [5.41, 5.74) is 5.51. The Hall–Kier alpha value is -0.660. The summed E-state index contributed by atoms with van der Waals surface area (Å²) >= 11 is 0. The third-order valence-electron chi connectivity index (χ3n) is 3.90. The van der Waals surface area contributed by atoms with Gasteiger partial charge in [-0.15, -0.1) is 0 Å². The van der Waals surface area contributed by atoms with Crippen molar-refractivity contribution in [2.24, 2.45) is 5.73 Å². The summed E-state index contributed by atoms with van der Waals surface area (Å²) in [5.74, 6) is -0.0410. The van der Waals surface area contributed by atoms with Gasteiger partial charge in [0.05, 0.1) is 6.04 Å². The van der Waals surface area contributed by atoms with Crippen LogP contribution in [0, 0.1) is 5.41 Å². The number of hydrogen-bond donors (Lipinski definition) is 2. The first-order valence-corrected chi connectivity index (χ1v) is 7.97. The van der Waals surface area contributed by atoms with E-state index in [1.165, 1.54) is 4.31 Å². The molecule has 0 spiro atoms. The molecule has 2 fully saturated rings. The zero-order valence-electron chi connectivity index (χ0n) is 10.8. The second-order valence-electron chi connectivity index (χ2n) is 5.19. The van der Waals surface area contributed by atoms with Crippen molar-refractivity contribution in [1.82, 2.24) is 8.61 Å². The third kappa shape index (κ3) is 2.39. The van der Waals surface area contributed by atoms with Gasteiger partial charge >= 0.3 is 0 Å². The molecule has 2 aliphatic heterocycles. The van der Waals surface area contributed by atoms with Crippen LogP contribution in [-0.2, 0) is 10.2 Å². The Morgan fingerprint density at radius 1 is 1.17 bits per heavy atom. The van der Waals surface area contributed by atoms with E-state index in [1.807, 2.05) is 6.92 Å². The van der Waals surface area contributed by atoms with Crippen LogP contribution in [0.15, 0.2) is 0 Å². The summed E-state index contributed by atoms with van der Waals surface area (Å²) in [6, 6.07) is -0.388. The molecule has 18 heavy (non-hydrogen) atoms. The zero-order chi connectivity index (χ0) is 13.3. The van der Waals surface area contributed by atoms with Crippen molar-refractivity contribution in [3.05, 3.63) is 0 Å². The Balaban J connectivity index is 2.22.